The number of aryl methyl sites for hydroxylation is 5. The maximum absolute atomic E-state index is 9.65. The zero-order valence-corrected chi connectivity index (χ0v) is 14.7. The molecular weight excluding hydrogens is 316 g/mol. The van der Waals surface area contributed by atoms with Gasteiger partial charge < -0.3 is 5.26 Å². The Bertz CT molecular complexity index is 634. The number of nitrogen functional groups attached to an aromatic ring is 2. The number of rotatable bonds is 3. The van der Waals surface area contributed by atoms with Gasteiger partial charge in [-0.05, 0) is 45.7 Å². The van der Waals surface area contributed by atoms with E-state index in [4.69, 9.17) is 11.6 Å². The molecule has 0 saturated carbocycles. The Kier molecular flexibility index (Phi) is 7.24. The molecule has 1 aromatic carbocycles. The molecule has 0 radical (unpaired) electrons. The van der Waals surface area contributed by atoms with Gasteiger partial charge in [0.25, 0.3) is 0 Å². The molecule has 0 aliphatic rings. The molecule has 2 rings (SSSR count). The average molecular weight is 338 g/mol. The fourth-order valence-corrected chi connectivity index (χ4v) is 2.64. The van der Waals surface area contributed by atoms with Gasteiger partial charge in [0.2, 0.25) is 0 Å². The Morgan fingerprint density at radius 2 is 1.65 bits per heavy atom. The van der Waals surface area contributed by atoms with Crippen LogP contribution >= 0.6 is 12.0 Å². The lowest BCUT2D eigenvalue weighted by molar-refractivity contribution is -0.777. The molecular formula is C15H22N4O3S. The number of benzene rings is 1. The van der Waals surface area contributed by atoms with Crippen LogP contribution in [-0.4, -0.2) is 4.98 Å². The molecule has 23 heavy (non-hydrogen) atoms. The van der Waals surface area contributed by atoms with Gasteiger partial charge in [-0.2, -0.15) is 4.33 Å². The molecule has 7 nitrogen and oxygen atoms in total. The van der Waals surface area contributed by atoms with Gasteiger partial charge in [0.15, 0.2) is 0 Å². The highest BCUT2D eigenvalue weighted by molar-refractivity contribution is 7.94. The van der Waals surface area contributed by atoms with E-state index in [0.29, 0.717) is 5.95 Å². The average Bonchev–Trinajstić information content (AvgIpc) is 2.44. The van der Waals surface area contributed by atoms with Crippen molar-refractivity contribution in [2.75, 3.05) is 11.6 Å². The van der Waals surface area contributed by atoms with Crippen molar-refractivity contribution in [2.45, 2.75) is 39.5 Å². The normalized spacial score (nSPS) is 10.2. The zero-order valence-electron chi connectivity index (χ0n) is 13.9. The zero-order chi connectivity index (χ0) is 17.6. The minimum Gasteiger partial charge on any atom is -0.691 e. The molecule has 4 N–H and O–H groups in total. The van der Waals surface area contributed by atoms with Crippen molar-refractivity contribution in [3.05, 3.63) is 46.3 Å². The highest BCUT2D eigenvalue weighted by Crippen LogP contribution is 2.27. The van der Waals surface area contributed by atoms with Crippen LogP contribution in [-0.2, 0) is 9.37 Å². The minimum absolute atomic E-state index is 0.345. The molecule has 0 saturated heterocycles. The number of hydrogen-bond acceptors (Lipinski definition) is 7. The van der Waals surface area contributed by atoms with E-state index in [-0.39, 0.29) is 0 Å². The van der Waals surface area contributed by atoms with Crippen LogP contribution in [0, 0.1) is 34.6 Å². The molecule has 1 aromatic heterocycles. The third-order valence-electron chi connectivity index (χ3n) is 3.09. The first-order valence-electron chi connectivity index (χ1n) is 6.88. The lowest BCUT2D eigenvalue weighted by Crippen LogP contribution is -2.50. The monoisotopic (exact) mass is 338 g/mol. The fraction of sp³-hybridized carbons (Fsp3) is 0.333. The molecule has 8 heteroatoms. The summed E-state index contributed by atoms with van der Waals surface area (Å²) in [6.07, 6.45) is 0. The van der Waals surface area contributed by atoms with E-state index in [1.165, 1.54) is 10.2 Å². The van der Waals surface area contributed by atoms with Crippen LogP contribution in [0.3, 0.4) is 0 Å². The summed E-state index contributed by atoms with van der Waals surface area (Å²) in [5.41, 5.74) is 10.6. The Labute approximate surface area is 140 Å². The molecule has 0 fully saturated rings. The van der Waals surface area contributed by atoms with Crippen molar-refractivity contribution in [1.29, 1.82) is 0 Å². The second-order valence-electron chi connectivity index (χ2n) is 5.21. The van der Waals surface area contributed by atoms with Gasteiger partial charge in [0.05, 0.1) is 12.0 Å². The summed E-state index contributed by atoms with van der Waals surface area (Å²) in [5, 5.41) is 12.9. The number of nitrogens with zero attached hydrogens (tertiary/aromatic N) is 2. The summed E-state index contributed by atoms with van der Waals surface area (Å²) in [6.45, 7) is 9.72. The number of aromatic nitrogens is 2. The van der Waals surface area contributed by atoms with Crippen molar-refractivity contribution in [1.82, 2.24) is 4.98 Å². The number of anilines is 1. The van der Waals surface area contributed by atoms with Gasteiger partial charge in [-0.1, -0.05) is 22.7 Å². The van der Waals surface area contributed by atoms with Gasteiger partial charge in [0, 0.05) is 11.0 Å². The maximum atomic E-state index is 9.65. The van der Waals surface area contributed by atoms with Gasteiger partial charge >= 0.3 is 5.95 Å². The first-order valence-corrected chi connectivity index (χ1v) is 7.62. The summed E-state index contributed by atoms with van der Waals surface area (Å²) in [7, 11) is 0. The second kappa shape index (κ2) is 8.68. The molecule has 0 atom stereocenters. The summed E-state index contributed by atoms with van der Waals surface area (Å²) in [4.78, 5) is 4.88. The highest BCUT2D eigenvalue weighted by Gasteiger charge is 2.06. The Hall–Kier alpha value is -1.87. The predicted octanol–water partition coefficient (Wildman–Crippen LogP) is 1.12. The first kappa shape index (κ1) is 19.2. The van der Waals surface area contributed by atoms with Crippen molar-refractivity contribution in [3.63, 3.8) is 0 Å². The smallest absolute Gasteiger partial charge is 0.411 e. The fourth-order valence-electron chi connectivity index (χ4n) is 2.17. The van der Waals surface area contributed by atoms with Crippen LogP contribution in [0.4, 0.5) is 5.95 Å². The van der Waals surface area contributed by atoms with Crippen LogP contribution in [0.2, 0.25) is 0 Å². The molecule has 0 aliphatic heterocycles. The van der Waals surface area contributed by atoms with Gasteiger partial charge in [-0.25, -0.2) is 0 Å². The number of hydrogen-bond donors (Lipinski definition) is 2. The van der Waals surface area contributed by atoms with Crippen LogP contribution in [0.1, 0.15) is 28.1 Å². The second-order valence-corrected chi connectivity index (χ2v) is 5.93. The summed E-state index contributed by atoms with van der Waals surface area (Å²) < 4.78 is 5.64. The Balaban J connectivity index is 0.000000238. The third kappa shape index (κ3) is 5.68. The minimum atomic E-state index is 0.345. The molecule has 0 spiro atoms. The maximum Gasteiger partial charge on any atom is 0.411 e. The Morgan fingerprint density at radius 3 is 2.13 bits per heavy atom. The topological polar surface area (TPSA) is 110 Å². The third-order valence-corrected chi connectivity index (χ3v) is 4.02. The first-order chi connectivity index (χ1) is 10.8. The van der Waals surface area contributed by atoms with E-state index in [9.17, 15) is 5.26 Å². The standard InChI is InChI=1S/C9H12O3S.C6H10N4/c1-6-4-7(2)9(8(3)5-6)13-12-11-10;1-4-3-5(2)10(8)6(7)9-4/h4-5,10H,1-3H3;3,7H,8H2,1-2H3. The molecule has 0 aliphatic carbocycles. The van der Waals surface area contributed by atoms with E-state index >= 15 is 0 Å². The largest absolute Gasteiger partial charge is 0.691 e. The van der Waals surface area contributed by atoms with Gasteiger partial charge in [-0.3, -0.25) is 16.6 Å². The van der Waals surface area contributed by atoms with Gasteiger partial charge in [0.1, 0.15) is 11.4 Å². The van der Waals surface area contributed by atoms with Crippen molar-refractivity contribution in [2.24, 2.45) is 0 Å². The molecule has 0 amide bonds. The van der Waals surface area contributed by atoms with E-state index < -0.39 is 0 Å². The molecule has 0 unspecified atom stereocenters. The molecule has 126 valence electrons. The lowest BCUT2D eigenvalue weighted by Gasteiger charge is -2.10. The van der Waals surface area contributed by atoms with Crippen LogP contribution in [0.5, 0.6) is 0 Å². The summed E-state index contributed by atoms with van der Waals surface area (Å²) >= 11 is 0.948. The summed E-state index contributed by atoms with van der Waals surface area (Å²) in [5.74, 6) is 5.82. The van der Waals surface area contributed by atoms with Gasteiger partial charge in [-0.15, -0.1) is 4.68 Å². The van der Waals surface area contributed by atoms with E-state index in [2.05, 4.69) is 14.4 Å². The van der Waals surface area contributed by atoms with Crippen LogP contribution in [0.15, 0.2) is 23.1 Å². The highest BCUT2D eigenvalue weighted by atomic mass is 32.2. The Morgan fingerprint density at radius 1 is 1.09 bits per heavy atom. The van der Waals surface area contributed by atoms with Crippen LogP contribution < -0.4 is 21.5 Å². The van der Waals surface area contributed by atoms with E-state index in [1.807, 2.05) is 52.8 Å². The van der Waals surface area contributed by atoms with E-state index in [1.54, 1.807) is 0 Å². The predicted molar refractivity (Wildman–Crippen MR) is 87.1 cm³/mol. The van der Waals surface area contributed by atoms with Crippen molar-refractivity contribution in [3.8, 4) is 0 Å². The summed E-state index contributed by atoms with van der Waals surface area (Å²) in [6, 6.07) is 5.93. The SMILES string of the molecule is Cc1cc(C)[n+](N)c(N)n1.Cc1cc(C)c(SOO[O-])c(C)c1. The molecule has 2 aromatic rings. The lowest BCUT2D eigenvalue weighted by atomic mass is 10.1. The quantitative estimate of drug-likeness (QED) is 0.284. The molecule has 0 bridgehead atoms. The van der Waals surface area contributed by atoms with Crippen molar-refractivity contribution >= 4 is 18.0 Å². The van der Waals surface area contributed by atoms with E-state index in [0.717, 1.165) is 39.5 Å². The molecule has 1 heterocycles. The van der Waals surface area contributed by atoms with Crippen LogP contribution in [0.25, 0.3) is 0 Å². The number of nitrogens with two attached hydrogens (primary N) is 2. The van der Waals surface area contributed by atoms with Crippen molar-refractivity contribution < 1.29 is 19.3 Å².